The van der Waals surface area contributed by atoms with Crippen LogP contribution in [0.3, 0.4) is 0 Å². The number of amidine groups is 1. The van der Waals surface area contributed by atoms with E-state index in [-0.39, 0.29) is 5.54 Å². The second-order valence-electron chi connectivity index (χ2n) is 6.60. The molecule has 0 N–H and O–H groups in total. The molecule has 2 aliphatic rings. The van der Waals surface area contributed by atoms with Crippen LogP contribution in [-0.2, 0) is 12.8 Å². The lowest BCUT2D eigenvalue weighted by atomic mass is 9.76. The zero-order valence-electron chi connectivity index (χ0n) is 13.2. The number of likely N-dealkylation sites (N-methyl/N-ethyl adjacent to an activating group) is 1. The lowest BCUT2D eigenvalue weighted by molar-refractivity contribution is 0.335. The molecule has 2 heterocycles. The van der Waals surface area contributed by atoms with E-state index in [1.165, 1.54) is 28.1 Å². The smallest absolute Gasteiger partial charge is 0.0963 e. The molecule has 1 aliphatic heterocycles. The number of nitrogens with zero attached hydrogens (tertiary/aromatic N) is 3. The highest BCUT2D eigenvalue weighted by Gasteiger charge is 2.39. The first-order valence-corrected chi connectivity index (χ1v) is 7.96. The van der Waals surface area contributed by atoms with Gasteiger partial charge in [-0.2, -0.15) is 0 Å². The third-order valence-corrected chi connectivity index (χ3v) is 5.09. The van der Waals surface area contributed by atoms with E-state index in [4.69, 9.17) is 4.99 Å². The highest BCUT2D eigenvalue weighted by atomic mass is 15.2. The molecule has 0 amide bonds. The van der Waals surface area contributed by atoms with E-state index in [0.717, 1.165) is 25.8 Å². The molecular formula is C19H21N3. The summed E-state index contributed by atoms with van der Waals surface area (Å²) >= 11 is 0. The van der Waals surface area contributed by atoms with Crippen LogP contribution in [0.25, 0.3) is 11.1 Å². The highest BCUT2D eigenvalue weighted by molar-refractivity contribution is 5.82. The van der Waals surface area contributed by atoms with Gasteiger partial charge in [0.15, 0.2) is 0 Å². The second kappa shape index (κ2) is 4.94. The first-order chi connectivity index (χ1) is 10.7. The molecule has 112 valence electrons. The summed E-state index contributed by atoms with van der Waals surface area (Å²) in [5.74, 6) is 1.17. The quantitative estimate of drug-likeness (QED) is 0.806. The van der Waals surface area contributed by atoms with Crippen molar-refractivity contribution in [1.82, 2.24) is 9.88 Å². The average Bonchev–Trinajstić information content (AvgIpc) is 2.81. The third-order valence-electron chi connectivity index (χ3n) is 5.09. The molecule has 2 aromatic rings. The highest BCUT2D eigenvalue weighted by Crippen LogP contribution is 2.39. The number of hydrogen-bond acceptors (Lipinski definition) is 3. The number of hydrogen-bond donors (Lipinski definition) is 0. The summed E-state index contributed by atoms with van der Waals surface area (Å²) in [5.41, 5.74) is 5.60. The van der Waals surface area contributed by atoms with Gasteiger partial charge < -0.3 is 4.90 Å². The number of fused-ring (bicyclic) bond motifs is 1. The second-order valence-corrected chi connectivity index (χ2v) is 6.60. The zero-order chi connectivity index (χ0) is 15.2. The van der Waals surface area contributed by atoms with Crippen molar-refractivity contribution < 1.29 is 0 Å². The van der Waals surface area contributed by atoms with Crippen LogP contribution in [0, 0.1) is 0 Å². The van der Waals surface area contributed by atoms with Gasteiger partial charge in [0.05, 0.1) is 11.4 Å². The number of rotatable bonds is 1. The van der Waals surface area contributed by atoms with Crippen molar-refractivity contribution in [2.45, 2.75) is 31.7 Å². The third kappa shape index (κ3) is 2.12. The maximum absolute atomic E-state index is 4.99. The Balaban J connectivity index is 1.74. The molecule has 0 fully saturated rings. The predicted molar refractivity (Wildman–Crippen MR) is 90.2 cm³/mol. The monoisotopic (exact) mass is 291 g/mol. The normalized spacial score (nSPS) is 23.5. The van der Waals surface area contributed by atoms with Crippen LogP contribution in [-0.4, -0.2) is 34.9 Å². The number of benzene rings is 1. The first-order valence-electron chi connectivity index (χ1n) is 7.96. The van der Waals surface area contributed by atoms with Crippen LogP contribution >= 0.6 is 0 Å². The minimum atomic E-state index is 0.0966. The molecule has 1 spiro atoms. The molecule has 1 aromatic heterocycles. The number of aliphatic imine (C=N–C) groups is 1. The Morgan fingerprint density at radius 2 is 2.09 bits per heavy atom. The molecule has 0 saturated carbocycles. The van der Waals surface area contributed by atoms with E-state index >= 15 is 0 Å². The van der Waals surface area contributed by atoms with Gasteiger partial charge in [0.25, 0.3) is 0 Å². The van der Waals surface area contributed by atoms with E-state index < -0.39 is 0 Å². The van der Waals surface area contributed by atoms with Crippen molar-refractivity contribution >= 4 is 5.84 Å². The predicted octanol–water partition coefficient (Wildman–Crippen LogP) is 3.34. The Morgan fingerprint density at radius 3 is 2.82 bits per heavy atom. The van der Waals surface area contributed by atoms with Crippen molar-refractivity contribution in [1.29, 1.82) is 0 Å². The fraction of sp³-hybridized carbons (Fsp3) is 0.368. The van der Waals surface area contributed by atoms with Gasteiger partial charge in [-0.15, -0.1) is 0 Å². The average molecular weight is 291 g/mol. The van der Waals surface area contributed by atoms with Crippen molar-refractivity contribution in [2.24, 2.45) is 4.99 Å². The van der Waals surface area contributed by atoms with Gasteiger partial charge in [-0.3, -0.25) is 9.98 Å². The lowest BCUT2D eigenvalue weighted by Crippen LogP contribution is -2.39. The van der Waals surface area contributed by atoms with Gasteiger partial charge in [0, 0.05) is 31.5 Å². The molecule has 3 nitrogen and oxygen atoms in total. The maximum Gasteiger partial charge on any atom is 0.0963 e. The van der Waals surface area contributed by atoms with Crippen LogP contribution < -0.4 is 0 Å². The molecule has 3 heteroatoms. The fourth-order valence-electron chi connectivity index (χ4n) is 3.94. The summed E-state index contributed by atoms with van der Waals surface area (Å²) in [4.78, 5) is 11.6. The van der Waals surface area contributed by atoms with E-state index in [9.17, 15) is 0 Å². The fourth-order valence-corrected chi connectivity index (χ4v) is 3.94. The van der Waals surface area contributed by atoms with E-state index in [1.54, 1.807) is 0 Å². The van der Waals surface area contributed by atoms with Gasteiger partial charge in [-0.05, 0) is 48.9 Å². The van der Waals surface area contributed by atoms with Crippen LogP contribution in [0.4, 0.5) is 0 Å². The standard InChI is InChI=1S/C19H21N3/c1-14-21-19(13-22(14)2)9-8-18-15(11-19)5-3-7-17(18)16-6-4-10-20-12-16/h3-7,10,12H,8-9,11,13H2,1-2H3/t19-/m0/s1. The molecule has 22 heavy (non-hydrogen) atoms. The molecule has 4 rings (SSSR count). The van der Waals surface area contributed by atoms with Crippen LogP contribution in [0.15, 0.2) is 47.7 Å². The summed E-state index contributed by atoms with van der Waals surface area (Å²) in [6, 6.07) is 10.8. The molecule has 0 saturated heterocycles. The Kier molecular flexibility index (Phi) is 3.03. The van der Waals surface area contributed by atoms with E-state index in [2.05, 4.69) is 48.1 Å². The molecule has 1 aromatic carbocycles. The Hall–Kier alpha value is -2.16. The van der Waals surface area contributed by atoms with Gasteiger partial charge in [0.2, 0.25) is 0 Å². The number of pyridine rings is 1. The van der Waals surface area contributed by atoms with Crippen molar-refractivity contribution in [2.75, 3.05) is 13.6 Å². The van der Waals surface area contributed by atoms with Crippen molar-refractivity contribution in [3.8, 4) is 11.1 Å². The van der Waals surface area contributed by atoms with Gasteiger partial charge in [-0.25, -0.2) is 0 Å². The Bertz CT molecular complexity index is 736. The first kappa shape index (κ1) is 13.5. The van der Waals surface area contributed by atoms with E-state index in [0.29, 0.717) is 0 Å². The van der Waals surface area contributed by atoms with Crippen LogP contribution in [0.5, 0.6) is 0 Å². The largest absolute Gasteiger partial charge is 0.361 e. The van der Waals surface area contributed by atoms with Crippen LogP contribution in [0.1, 0.15) is 24.5 Å². The number of aromatic nitrogens is 1. The Morgan fingerprint density at radius 1 is 1.18 bits per heavy atom. The molecule has 0 unspecified atom stereocenters. The van der Waals surface area contributed by atoms with Crippen molar-refractivity contribution in [3.05, 3.63) is 53.9 Å². The maximum atomic E-state index is 4.99. The summed E-state index contributed by atoms with van der Waals surface area (Å²) < 4.78 is 0. The van der Waals surface area contributed by atoms with Gasteiger partial charge >= 0.3 is 0 Å². The van der Waals surface area contributed by atoms with Crippen LogP contribution in [0.2, 0.25) is 0 Å². The summed E-state index contributed by atoms with van der Waals surface area (Å²) in [7, 11) is 2.15. The lowest BCUT2D eigenvalue weighted by Gasteiger charge is -2.33. The minimum Gasteiger partial charge on any atom is -0.361 e. The summed E-state index contributed by atoms with van der Waals surface area (Å²) in [6.07, 6.45) is 7.09. The zero-order valence-corrected chi connectivity index (χ0v) is 13.2. The Labute approximate surface area is 131 Å². The molecular weight excluding hydrogens is 270 g/mol. The molecule has 0 radical (unpaired) electrons. The molecule has 0 bridgehead atoms. The molecule has 1 atom stereocenters. The summed E-state index contributed by atoms with van der Waals surface area (Å²) in [5, 5.41) is 0. The van der Waals surface area contributed by atoms with Gasteiger partial charge in [-0.1, -0.05) is 24.3 Å². The van der Waals surface area contributed by atoms with Gasteiger partial charge in [0.1, 0.15) is 0 Å². The summed E-state index contributed by atoms with van der Waals surface area (Å²) in [6.45, 7) is 3.17. The molecule has 1 aliphatic carbocycles. The SMILES string of the molecule is CC1=N[C@]2(CCc3c(cccc3-c3cccnc3)C2)CN1C. The van der Waals surface area contributed by atoms with Crippen molar-refractivity contribution in [3.63, 3.8) is 0 Å². The minimum absolute atomic E-state index is 0.0966. The topological polar surface area (TPSA) is 28.5 Å². The van der Waals surface area contributed by atoms with E-state index in [1.807, 2.05) is 18.5 Å².